The van der Waals surface area contributed by atoms with E-state index in [1.165, 1.54) is 5.56 Å². The SMILES string of the molecule is CCC(C)C(Nc1ccc(OC)cc1)c1ccccc1. The molecule has 2 unspecified atom stereocenters. The zero-order valence-corrected chi connectivity index (χ0v) is 12.5. The van der Waals surface area contributed by atoms with E-state index in [-0.39, 0.29) is 0 Å². The molecule has 0 aliphatic carbocycles. The van der Waals surface area contributed by atoms with Gasteiger partial charge in [0.05, 0.1) is 13.2 Å². The highest BCUT2D eigenvalue weighted by atomic mass is 16.5. The fraction of sp³-hybridized carbons (Fsp3) is 0.333. The molecule has 0 saturated heterocycles. The van der Waals surface area contributed by atoms with Gasteiger partial charge in [0.2, 0.25) is 0 Å². The van der Waals surface area contributed by atoms with Crippen molar-refractivity contribution in [1.29, 1.82) is 0 Å². The summed E-state index contributed by atoms with van der Waals surface area (Å²) in [5.41, 5.74) is 2.46. The quantitative estimate of drug-likeness (QED) is 0.805. The van der Waals surface area contributed by atoms with E-state index in [4.69, 9.17) is 4.74 Å². The number of hydrogen-bond acceptors (Lipinski definition) is 2. The Kier molecular flexibility index (Phi) is 5.05. The molecular formula is C18H23NO. The third-order valence-electron chi connectivity index (χ3n) is 3.78. The fourth-order valence-electron chi connectivity index (χ4n) is 2.32. The van der Waals surface area contributed by atoms with Crippen molar-refractivity contribution in [2.75, 3.05) is 12.4 Å². The summed E-state index contributed by atoms with van der Waals surface area (Å²) in [6.07, 6.45) is 1.14. The molecule has 2 nitrogen and oxygen atoms in total. The lowest BCUT2D eigenvalue weighted by Crippen LogP contribution is -2.18. The molecule has 2 aromatic carbocycles. The lowest BCUT2D eigenvalue weighted by molar-refractivity contribution is 0.415. The third kappa shape index (κ3) is 3.53. The molecule has 2 heteroatoms. The molecule has 2 atom stereocenters. The smallest absolute Gasteiger partial charge is 0.119 e. The molecule has 1 N–H and O–H groups in total. The van der Waals surface area contributed by atoms with E-state index in [0.29, 0.717) is 12.0 Å². The molecule has 106 valence electrons. The average molecular weight is 269 g/mol. The Morgan fingerprint density at radius 2 is 1.65 bits per heavy atom. The van der Waals surface area contributed by atoms with Crippen molar-refractivity contribution in [3.63, 3.8) is 0 Å². The van der Waals surface area contributed by atoms with Crippen LogP contribution in [-0.2, 0) is 0 Å². The predicted octanol–water partition coefficient (Wildman–Crippen LogP) is 4.89. The Balaban J connectivity index is 2.19. The lowest BCUT2D eigenvalue weighted by atomic mass is 9.92. The van der Waals surface area contributed by atoms with Crippen molar-refractivity contribution < 1.29 is 4.74 Å². The van der Waals surface area contributed by atoms with Crippen LogP contribution in [0.2, 0.25) is 0 Å². The zero-order chi connectivity index (χ0) is 14.4. The van der Waals surface area contributed by atoms with Crippen LogP contribution < -0.4 is 10.1 Å². The van der Waals surface area contributed by atoms with Gasteiger partial charge in [0.15, 0.2) is 0 Å². The molecule has 2 rings (SSSR count). The summed E-state index contributed by atoms with van der Waals surface area (Å²) in [6.45, 7) is 4.52. The Bertz CT molecular complexity index is 507. The van der Waals surface area contributed by atoms with Crippen LogP contribution in [0.3, 0.4) is 0 Å². The normalized spacial score (nSPS) is 13.6. The van der Waals surface area contributed by atoms with Crippen LogP contribution in [0.15, 0.2) is 54.6 Å². The topological polar surface area (TPSA) is 21.3 Å². The number of nitrogens with one attached hydrogen (secondary N) is 1. The van der Waals surface area contributed by atoms with Gasteiger partial charge in [0, 0.05) is 5.69 Å². The highest BCUT2D eigenvalue weighted by molar-refractivity contribution is 5.48. The van der Waals surface area contributed by atoms with E-state index in [0.717, 1.165) is 17.9 Å². The van der Waals surface area contributed by atoms with Gasteiger partial charge in [-0.3, -0.25) is 0 Å². The maximum atomic E-state index is 5.20. The van der Waals surface area contributed by atoms with Crippen molar-refractivity contribution in [1.82, 2.24) is 0 Å². The minimum atomic E-state index is 0.328. The van der Waals surface area contributed by atoms with E-state index in [1.807, 2.05) is 12.1 Å². The van der Waals surface area contributed by atoms with E-state index in [1.54, 1.807) is 7.11 Å². The molecule has 0 radical (unpaired) electrons. The summed E-state index contributed by atoms with van der Waals surface area (Å²) in [7, 11) is 1.69. The number of methoxy groups -OCH3 is 1. The van der Waals surface area contributed by atoms with Crippen molar-refractivity contribution >= 4 is 5.69 Å². The fourth-order valence-corrected chi connectivity index (χ4v) is 2.32. The maximum absolute atomic E-state index is 5.20. The number of anilines is 1. The van der Waals surface area contributed by atoms with Crippen LogP contribution in [0, 0.1) is 5.92 Å². The van der Waals surface area contributed by atoms with Gasteiger partial charge < -0.3 is 10.1 Å². The summed E-state index contributed by atoms with van der Waals surface area (Å²) < 4.78 is 5.20. The van der Waals surface area contributed by atoms with Crippen molar-refractivity contribution in [2.45, 2.75) is 26.3 Å². The van der Waals surface area contributed by atoms with Crippen molar-refractivity contribution in [3.8, 4) is 5.75 Å². The number of ether oxygens (including phenoxy) is 1. The molecule has 0 heterocycles. The van der Waals surface area contributed by atoms with Gasteiger partial charge in [-0.25, -0.2) is 0 Å². The van der Waals surface area contributed by atoms with Crippen LogP contribution >= 0.6 is 0 Å². The van der Waals surface area contributed by atoms with Crippen LogP contribution in [0.1, 0.15) is 31.9 Å². The summed E-state index contributed by atoms with van der Waals surface area (Å²) in [6, 6.07) is 19.1. The number of benzene rings is 2. The van der Waals surface area contributed by atoms with E-state index >= 15 is 0 Å². The molecule has 0 aliphatic heterocycles. The summed E-state index contributed by atoms with van der Waals surface area (Å²) in [4.78, 5) is 0. The van der Waals surface area contributed by atoms with Crippen LogP contribution in [0.5, 0.6) is 5.75 Å². The Morgan fingerprint density at radius 3 is 2.20 bits per heavy atom. The van der Waals surface area contributed by atoms with E-state index in [2.05, 4.69) is 61.6 Å². The minimum Gasteiger partial charge on any atom is -0.497 e. The first-order valence-corrected chi connectivity index (χ1v) is 7.20. The van der Waals surface area contributed by atoms with Gasteiger partial charge in [-0.05, 0) is 35.7 Å². The maximum Gasteiger partial charge on any atom is 0.119 e. The monoisotopic (exact) mass is 269 g/mol. The van der Waals surface area contributed by atoms with Gasteiger partial charge in [0.1, 0.15) is 5.75 Å². The second kappa shape index (κ2) is 6.99. The van der Waals surface area contributed by atoms with Crippen LogP contribution in [0.25, 0.3) is 0 Å². The molecule has 0 aliphatic rings. The molecule has 2 aromatic rings. The Hall–Kier alpha value is -1.96. The summed E-state index contributed by atoms with van der Waals surface area (Å²) >= 11 is 0. The van der Waals surface area contributed by atoms with Gasteiger partial charge >= 0.3 is 0 Å². The molecule has 0 spiro atoms. The van der Waals surface area contributed by atoms with Gasteiger partial charge in [0.25, 0.3) is 0 Å². The molecule has 20 heavy (non-hydrogen) atoms. The van der Waals surface area contributed by atoms with Crippen LogP contribution in [-0.4, -0.2) is 7.11 Å². The van der Waals surface area contributed by atoms with Crippen molar-refractivity contribution in [2.24, 2.45) is 5.92 Å². The molecule has 0 amide bonds. The van der Waals surface area contributed by atoms with Crippen LogP contribution in [0.4, 0.5) is 5.69 Å². The lowest BCUT2D eigenvalue weighted by Gasteiger charge is -2.26. The highest BCUT2D eigenvalue weighted by Gasteiger charge is 2.17. The largest absolute Gasteiger partial charge is 0.497 e. The summed E-state index contributed by atoms with van der Waals surface area (Å²) in [5, 5.41) is 3.64. The predicted molar refractivity (Wildman–Crippen MR) is 85.3 cm³/mol. The first kappa shape index (κ1) is 14.4. The number of hydrogen-bond donors (Lipinski definition) is 1. The second-order valence-electron chi connectivity index (χ2n) is 5.15. The van der Waals surface area contributed by atoms with Gasteiger partial charge in [-0.1, -0.05) is 50.6 Å². The molecular weight excluding hydrogens is 246 g/mol. The standard InChI is InChI=1S/C18H23NO/c1-4-14(2)18(15-8-6-5-7-9-15)19-16-10-12-17(20-3)13-11-16/h5-14,18-19H,4H2,1-3H3. The molecule has 0 fully saturated rings. The van der Waals surface area contributed by atoms with E-state index < -0.39 is 0 Å². The second-order valence-corrected chi connectivity index (χ2v) is 5.15. The van der Waals surface area contributed by atoms with Gasteiger partial charge in [-0.15, -0.1) is 0 Å². The van der Waals surface area contributed by atoms with Crippen molar-refractivity contribution in [3.05, 3.63) is 60.2 Å². The molecule has 0 bridgehead atoms. The zero-order valence-electron chi connectivity index (χ0n) is 12.5. The van der Waals surface area contributed by atoms with E-state index in [9.17, 15) is 0 Å². The third-order valence-corrected chi connectivity index (χ3v) is 3.78. The highest BCUT2D eigenvalue weighted by Crippen LogP contribution is 2.29. The minimum absolute atomic E-state index is 0.328. The Labute approximate surface area is 121 Å². The summed E-state index contributed by atoms with van der Waals surface area (Å²) in [5.74, 6) is 1.45. The average Bonchev–Trinajstić information content (AvgIpc) is 2.53. The molecule has 0 aromatic heterocycles. The Morgan fingerprint density at radius 1 is 1.00 bits per heavy atom. The molecule has 0 saturated carbocycles. The first-order chi connectivity index (χ1) is 9.74. The first-order valence-electron chi connectivity index (χ1n) is 7.20. The van der Waals surface area contributed by atoms with Gasteiger partial charge in [-0.2, -0.15) is 0 Å². The number of rotatable bonds is 6.